The van der Waals surface area contributed by atoms with E-state index in [-0.39, 0.29) is 0 Å². The molecule has 1 saturated heterocycles. The smallest absolute Gasteiger partial charge is 0.182 e. The molecule has 5 nitrogen and oxygen atoms in total. The van der Waals surface area contributed by atoms with Crippen LogP contribution in [0.1, 0.15) is 24.3 Å². The van der Waals surface area contributed by atoms with Gasteiger partial charge in [-0.1, -0.05) is 30.3 Å². The second kappa shape index (κ2) is 7.68. The largest absolute Gasteiger partial charge is 0.497 e. The van der Waals surface area contributed by atoms with Crippen LogP contribution in [0.5, 0.6) is 5.75 Å². The second-order valence-corrected chi connectivity index (χ2v) is 7.51. The molecule has 0 atom stereocenters. The van der Waals surface area contributed by atoms with E-state index >= 15 is 0 Å². The van der Waals surface area contributed by atoms with Crippen molar-refractivity contribution in [2.75, 3.05) is 20.2 Å². The van der Waals surface area contributed by atoms with Crippen molar-refractivity contribution in [1.82, 2.24) is 19.9 Å². The van der Waals surface area contributed by atoms with Crippen LogP contribution in [-0.4, -0.2) is 34.8 Å². The van der Waals surface area contributed by atoms with Gasteiger partial charge in [0.25, 0.3) is 0 Å². The van der Waals surface area contributed by atoms with Crippen LogP contribution < -0.4 is 10.1 Å². The summed E-state index contributed by atoms with van der Waals surface area (Å²) in [4.78, 5) is 4.90. The molecule has 0 radical (unpaired) electrons. The topological polar surface area (TPSA) is 51.5 Å². The van der Waals surface area contributed by atoms with Crippen molar-refractivity contribution in [3.8, 4) is 28.3 Å². The van der Waals surface area contributed by atoms with Gasteiger partial charge in [-0.15, -0.1) is 5.10 Å². The maximum absolute atomic E-state index is 5.39. The predicted molar refractivity (Wildman–Crippen MR) is 115 cm³/mol. The zero-order valence-corrected chi connectivity index (χ0v) is 16.5. The first-order valence-electron chi connectivity index (χ1n) is 10.1. The van der Waals surface area contributed by atoms with Crippen molar-refractivity contribution in [2.24, 2.45) is 0 Å². The van der Waals surface area contributed by atoms with Gasteiger partial charge in [0.05, 0.1) is 7.11 Å². The fourth-order valence-corrected chi connectivity index (χ4v) is 4.13. The van der Waals surface area contributed by atoms with E-state index in [1.165, 1.54) is 18.4 Å². The number of nitrogens with one attached hydrogen (secondary N) is 1. The molecule has 0 unspecified atom stereocenters. The maximum atomic E-state index is 5.39. The summed E-state index contributed by atoms with van der Waals surface area (Å²) in [6.45, 7) is 2.18. The van der Waals surface area contributed by atoms with E-state index in [4.69, 9.17) is 14.8 Å². The van der Waals surface area contributed by atoms with Gasteiger partial charge in [0, 0.05) is 17.3 Å². The summed E-state index contributed by atoms with van der Waals surface area (Å²) in [6.07, 6.45) is 4.32. The van der Waals surface area contributed by atoms with Crippen LogP contribution in [0, 0.1) is 0 Å². The molecule has 0 spiro atoms. The number of piperidine rings is 1. The number of nitrogens with zero attached hydrogens (tertiary/aromatic N) is 3. The van der Waals surface area contributed by atoms with Crippen molar-refractivity contribution in [3.05, 3.63) is 72.4 Å². The number of methoxy groups -OCH3 is 1. The summed E-state index contributed by atoms with van der Waals surface area (Å²) in [5.74, 6) is 2.20. The van der Waals surface area contributed by atoms with Crippen LogP contribution in [0.15, 0.2) is 66.9 Å². The van der Waals surface area contributed by atoms with Crippen LogP contribution in [0.3, 0.4) is 0 Å². The van der Waals surface area contributed by atoms with Gasteiger partial charge < -0.3 is 10.1 Å². The molecule has 29 heavy (non-hydrogen) atoms. The molecule has 0 bridgehead atoms. The van der Waals surface area contributed by atoms with Crippen LogP contribution in [0.2, 0.25) is 0 Å². The van der Waals surface area contributed by atoms with Gasteiger partial charge in [0.2, 0.25) is 0 Å². The number of fused-ring (bicyclic) bond motifs is 1. The molecule has 5 rings (SSSR count). The van der Waals surface area contributed by atoms with Gasteiger partial charge in [-0.25, -0.2) is 9.50 Å². The zero-order chi connectivity index (χ0) is 19.6. The molecule has 1 aliphatic rings. The third kappa shape index (κ3) is 3.49. The monoisotopic (exact) mass is 384 g/mol. The van der Waals surface area contributed by atoms with E-state index in [9.17, 15) is 0 Å². The molecule has 146 valence electrons. The van der Waals surface area contributed by atoms with Crippen molar-refractivity contribution in [2.45, 2.75) is 18.8 Å². The quantitative estimate of drug-likeness (QED) is 0.561. The minimum atomic E-state index is 0.612. The van der Waals surface area contributed by atoms with E-state index in [2.05, 4.69) is 41.7 Å². The Labute approximate surface area is 170 Å². The number of aromatic nitrogens is 3. The van der Waals surface area contributed by atoms with E-state index in [0.717, 1.165) is 47.0 Å². The molecule has 2 aromatic carbocycles. The molecule has 5 heteroatoms. The highest BCUT2D eigenvalue weighted by Gasteiger charge is 2.17. The Morgan fingerprint density at radius 1 is 0.966 bits per heavy atom. The minimum absolute atomic E-state index is 0.612. The molecule has 1 N–H and O–H groups in total. The molecule has 2 aromatic heterocycles. The van der Waals surface area contributed by atoms with E-state index < -0.39 is 0 Å². The highest BCUT2D eigenvalue weighted by atomic mass is 16.5. The number of rotatable bonds is 4. The number of ether oxygens (including phenoxy) is 1. The SMILES string of the molecule is COc1cccc(-c2cccn3nc(-c4cccc(C5CCNCC5)c4)nc23)c1. The maximum Gasteiger partial charge on any atom is 0.182 e. The number of hydrogen-bond donors (Lipinski definition) is 1. The summed E-state index contributed by atoms with van der Waals surface area (Å²) >= 11 is 0. The Bertz CT molecular complexity index is 1140. The van der Waals surface area contributed by atoms with Gasteiger partial charge in [0.15, 0.2) is 11.5 Å². The third-order valence-corrected chi connectivity index (χ3v) is 5.70. The van der Waals surface area contributed by atoms with Gasteiger partial charge >= 0.3 is 0 Å². The average molecular weight is 384 g/mol. The van der Waals surface area contributed by atoms with Gasteiger partial charge in [0.1, 0.15) is 5.75 Å². The standard InChI is InChI=1S/C24H24N4O/c1-29-21-8-3-6-19(16-21)22-9-4-14-28-24(22)26-23(27-28)20-7-2-5-18(15-20)17-10-12-25-13-11-17/h2-9,14-17,25H,10-13H2,1H3. The Kier molecular flexibility index (Phi) is 4.74. The first kappa shape index (κ1) is 17.9. The molecule has 1 fully saturated rings. The lowest BCUT2D eigenvalue weighted by Gasteiger charge is -2.23. The van der Waals surface area contributed by atoms with Gasteiger partial charge in [-0.3, -0.25) is 0 Å². The van der Waals surface area contributed by atoms with Gasteiger partial charge in [-0.2, -0.15) is 0 Å². The van der Waals surface area contributed by atoms with E-state index in [0.29, 0.717) is 5.92 Å². The molecular formula is C24H24N4O. The number of benzene rings is 2. The van der Waals surface area contributed by atoms with Crippen molar-refractivity contribution in [1.29, 1.82) is 0 Å². The van der Waals surface area contributed by atoms with Crippen LogP contribution >= 0.6 is 0 Å². The van der Waals surface area contributed by atoms with Crippen LogP contribution in [0.25, 0.3) is 28.2 Å². The first-order valence-corrected chi connectivity index (χ1v) is 10.1. The van der Waals surface area contributed by atoms with Crippen molar-refractivity contribution in [3.63, 3.8) is 0 Å². The zero-order valence-electron chi connectivity index (χ0n) is 16.5. The van der Waals surface area contributed by atoms with E-state index in [1.54, 1.807) is 7.11 Å². The van der Waals surface area contributed by atoms with Crippen molar-refractivity contribution >= 4 is 5.65 Å². The Hall–Kier alpha value is -3.18. The third-order valence-electron chi connectivity index (χ3n) is 5.70. The highest BCUT2D eigenvalue weighted by molar-refractivity contribution is 5.79. The lowest BCUT2D eigenvalue weighted by atomic mass is 9.89. The lowest BCUT2D eigenvalue weighted by molar-refractivity contribution is 0.415. The fraction of sp³-hybridized carbons (Fsp3) is 0.250. The normalized spacial score (nSPS) is 14.9. The fourth-order valence-electron chi connectivity index (χ4n) is 4.13. The van der Waals surface area contributed by atoms with Crippen molar-refractivity contribution < 1.29 is 4.74 Å². The highest BCUT2D eigenvalue weighted by Crippen LogP contribution is 2.30. The predicted octanol–water partition coefficient (Wildman–Crippen LogP) is 4.54. The molecule has 0 aliphatic carbocycles. The second-order valence-electron chi connectivity index (χ2n) is 7.51. The molecule has 0 saturated carbocycles. The summed E-state index contributed by atoms with van der Waals surface area (Å²) in [6, 6.07) is 20.9. The lowest BCUT2D eigenvalue weighted by Crippen LogP contribution is -2.26. The Morgan fingerprint density at radius 2 is 1.79 bits per heavy atom. The molecular weight excluding hydrogens is 360 g/mol. The van der Waals surface area contributed by atoms with Gasteiger partial charge in [-0.05, 0) is 73.3 Å². The summed E-state index contributed by atoms with van der Waals surface area (Å²) < 4.78 is 7.25. The summed E-state index contributed by atoms with van der Waals surface area (Å²) in [5, 5.41) is 8.20. The average Bonchev–Trinajstić information content (AvgIpc) is 3.24. The number of hydrogen-bond acceptors (Lipinski definition) is 4. The Morgan fingerprint density at radius 3 is 2.66 bits per heavy atom. The van der Waals surface area contributed by atoms with Crippen LogP contribution in [-0.2, 0) is 0 Å². The summed E-state index contributed by atoms with van der Waals surface area (Å²) in [5.41, 5.74) is 5.41. The minimum Gasteiger partial charge on any atom is -0.497 e. The first-order chi connectivity index (χ1) is 14.3. The molecule has 4 aromatic rings. The molecule has 3 heterocycles. The molecule has 0 amide bonds. The number of pyridine rings is 1. The summed E-state index contributed by atoms with van der Waals surface area (Å²) in [7, 11) is 1.68. The van der Waals surface area contributed by atoms with Crippen LogP contribution in [0.4, 0.5) is 0 Å². The Balaban J connectivity index is 1.55. The molecule has 1 aliphatic heterocycles. The van der Waals surface area contributed by atoms with E-state index in [1.807, 2.05) is 35.0 Å².